The van der Waals surface area contributed by atoms with Gasteiger partial charge in [-0.05, 0) is 31.2 Å². The Hall–Kier alpha value is -2.56. The number of rotatable bonds is 8. The van der Waals surface area contributed by atoms with E-state index in [-0.39, 0.29) is 5.91 Å². The Bertz CT molecular complexity index is 617. The van der Waals surface area contributed by atoms with Crippen molar-refractivity contribution in [1.82, 2.24) is 10.3 Å². The van der Waals surface area contributed by atoms with Gasteiger partial charge in [-0.2, -0.15) is 0 Å². The zero-order valence-electron chi connectivity index (χ0n) is 12.7. The van der Waals surface area contributed by atoms with Crippen molar-refractivity contribution in [3.8, 4) is 17.1 Å². The Kier molecular flexibility index (Phi) is 5.77. The Morgan fingerprint density at radius 2 is 2.18 bits per heavy atom. The van der Waals surface area contributed by atoms with Crippen molar-refractivity contribution < 1.29 is 13.9 Å². The van der Waals surface area contributed by atoms with Crippen LogP contribution < -0.4 is 10.1 Å². The molecule has 2 rings (SSSR count). The van der Waals surface area contributed by atoms with Crippen molar-refractivity contribution in [3.63, 3.8) is 0 Å². The first-order chi connectivity index (χ1) is 10.7. The van der Waals surface area contributed by atoms with E-state index in [1.807, 2.05) is 31.2 Å². The number of benzene rings is 1. The Morgan fingerprint density at radius 1 is 1.41 bits per heavy atom. The highest BCUT2D eigenvalue weighted by atomic mass is 16.5. The van der Waals surface area contributed by atoms with Gasteiger partial charge in [0.05, 0.1) is 12.8 Å². The third kappa shape index (κ3) is 4.48. The molecular formula is C17H20N2O3. The highest BCUT2D eigenvalue weighted by molar-refractivity contribution is 5.76. The molecule has 0 saturated carbocycles. The molecule has 1 N–H and O–H groups in total. The van der Waals surface area contributed by atoms with Gasteiger partial charge in [0.15, 0.2) is 11.7 Å². The van der Waals surface area contributed by atoms with Gasteiger partial charge < -0.3 is 14.5 Å². The molecule has 1 heterocycles. The summed E-state index contributed by atoms with van der Waals surface area (Å²) in [4.78, 5) is 15.7. The number of amides is 1. The summed E-state index contributed by atoms with van der Waals surface area (Å²) in [6.45, 7) is 6.61. The molecular weight excluding hydrogens is 280 g/mol. The van der Waals surface area contributed by atoms with Crippen LogP contribution in [0.1, 0.15) is 19.2 Å². The SMILES string of the molecule is C=CCNC(=O)CCc1ncc(-c2ccc(OCC)cc2)o1. The number of aromatic nitrogens is 1. The third-order valence-corrected chi connectivity index (χ3v) is 3.01. The van der Waals surface area contributed by atoms with Gasteiger partial charge in [0.1, 0.15) is 5.75 Å². The van der Waals surface area contributed by atoms with E-state index in [1.165, 1.54) is 0 Å². The highest BCUT2D eigenvalue weighted by Crippen LogP contribution is 2.23. The van der Waals surface area contributed by atoms with Gasteiger partial charge in [-0.3, -0.25) is 4.79 Å². The molecule has 0 saturated heterocycles. The number of hydrogen-bond donors (Lipinski definition) is 1. The van der Waals surface area contributed by atoms with Crippen LogP contribution in [0.4, 0.5) is 0 Å². The number of ether oxygens (including phenoxy) is 1. The minimum absolute atomic E-state index is 0.0410. The summed E-state index contributed by atoms with van der Waals surface area (Å²) in [7, 11) is 0. The summed E-state index contributed by atoms with van der Waals surface area (Å²) in [6.07, 6.45) is 4.14. The van der Waals surface area contributed by atoms with Crippen LogP contribution in [-0.2, 0) is 11.2 Å². The third-order valence-electron chi connectivity index (χ3n) is 3.01. The molecule has 0 aliphatic rings. The minimum atomic E-state index is -0.0410. The van der Waals surface area contributed by atoms with Gasteiger partial charge in [0.25, 0.3) is 0 Å². The van der Waals surface area contributed by atoms with Gasteiger partial charge >= 0.3 is 0 Å². The number of nitrogens with zero attached hydrogens (tertiary/aromatic N) is 1. The number of carbonyl (C=O) groups is 1. The van der Waals surface area contributed by atoms with Crippen LogP contribution in [-0.4, -0.2) is 24.0 Å². The Labute approximate surface area is 130 Å². The molecule has 22 heavy (non-hydrogen) atoms. The van der Waals surface area contributed by atoms with Crippen LogP contribution in [0.3, 0.4) is 0 Å². The van der Waals surface area contributed by atoms with Crippen LogP contribution in [0.5, 0.6) is 5.75 Å². The predicted octanol–water partition coefficient (Wildman–Crippen LogP) is 2.98. The Morgan fingerprint density at radius 3 is 2.86 bits per heavy atom. The van der Waals surface area contributed by atoms with Gasteiger partial charge in [-0.1, -0.05) is 6.08 Å². The lowest BCUT2D eigenvalue weighted by Gasteiger charge is -2.03. The molecule has 1 aromatic heterocycles. The van der Waals surface area contributed by atoms with Crippen LogP contribution in [0.15, 0.2) is 47.5 Å². The molecule has 0 bridgehead atoms. The van der Waals surface area contributed by atoms with Crippen molar-refractivity contribution in [1.29, 1.82) is 0 Å². The van der Waals surface area contributed by atoms with E-state index in [0.29, 0.717) is 37.6 Å². The zero-order chi connectivity index (χ0) is 15.8. The topological polar surface area (TPSA) is 64.4 Å². The average molecular weight is 300 g/mol. The van der Waals surface area contributed by atoms with Crippen LogP contribution in [0, 0.1) is 0 Å². The van der Waals surface area contributed by atoms with E-state index >= 15 is 0 Å². The fourth-order valence-electron chi connectivity index (χ4n) is 1.94. The quantitative estimate of drug-likeness (QED) is 0.761. The molecule has 0 spiro atoms. The van der Waals surface area contributed by atoms with E-state index in [9.17, 15) is 4.79 Å². The summed E-state index contributed by atoms with van der Waals surface area (Å²) < 4.78 is 11.1. The molecule has 0 unspecified atom stereocenters. The summed E-state index contributed by atoms with van der Waals surface area (Å²) in [5, 5.41) is 2.72. The Balaban J connectivity index is 1.93. The van der Waals surface area contributed by atoms with Gasteiger partial charge in [-0.15, -0.1) is 6.58 Å². The van der Waals surface area contributed by atoms with Gasteiger partial charge in [0.2, 0.25) is 5.91 Å². The van der Waals surface area contributed by atoms with Crippen LogP contribution in [0.25, 0.3) is 11.3 Å². The van der Waals surface area contributed by atoms with E-state index < -0.39 is 0 Å². The number of nitrogens with one attached hydrogen (secondary N) is 1. The summed E-state index contributed by atoms with van der Waals surface area (Å²) >= 11 is 0. The molecule has 116 valence electrons. The second kappa shape index (κ2) is 8.02. The first kappa shape index (κ1) is 15.8. The largest absolute Gasteiger partial charge is 0.494 e. The van der Waals surface area contributed by atoms with Gasteiger partial charge in [0, 0.05) is 24.9 Å². The minimum Gasteiger partial charge on any atom is -0.494 e. The lowest BCUT2D eigenvalue weighted by molar-refractivity contribution is -0.120. The zero-order valence-corrected chi connectivity index (χ0v) is 12.7. The molecule has 0 aliphatic heterocycles. The van der Waals surface area contributed by atoms with Crippen LogP contribution in [0.2, 0.25) is 0 Å². The van der Waals surface area contributed by atoms with Crippen LogP contribution >= 0.6 is 0 Å². The first-order valence-electron chi connectivity index (χ1n) is 7.28. The normalized spacial score (nSPS) is 10.2. The lowest BCUT2D eigenvalue weighted by atomic mass is 10.2. The van der Waals surface area contributed by atoms with Crippen molar-refractivity contribution in [2.24, 2.45) is 0 Å². The molecule has 0 fully saturated rings. The molecule has 1 aromatic carbocycles. The highest BCUT2D eigenvalue weighted by Gasteiger charge is 2.08. The first-order valence-corrected chi connectivity index (χ1v) is 7.28. The molecule has 2 aromatic rings. The number of aryl methyl sites for hydroxylation is 1. The maximum atomic E-state index is 11.5. The van der Waals surface area contributed by atoms with Crippen molar-refractivity contribution in [3.05, 3.63) is 49.0 Å². The smallest absolute Gasteiger partial charge is 0.220 e. The fourth-order valence-corrected chi connectivity index (χ4v) is 1.94. The van der Waals surface area contributed by atoms with Gasteiger partial charge in [-0.25, -0.2) is 4.98 Å². The molecule has 5 nitrogen and oxygen atoms in total. The average Bonchev–Trinajstić information content (AvgIpc) is 3.01. The van der Waals surface area contributed by atoms with Crippen molar-refractivity contribution >= 4 is 5.91 Å². The summed E-state index contributed by atoms with van der Waals surface area (Å²) in [6, 6.07) is 7.63. The maximum Gasteiger partial charge on any atom is 0.220 e. The van der Waals surface area contributed by atoms with E-state index in [4.69, 9.17) is 9.15 Å². The molecule has 0 atom stereocenters. The fraction of sp³-hybridized carbons (Fsp3) is 0.294. The van der Waals surface area contributed by atoms with E-state index in [1.54, 1.807) is 12.3 Å². The molecule has 0 radical (unpaired) electrons. The second-order valence-corrected chi connectivity index (χ2v) is 4.67. The molecule has 1 amide bonds. The standard InChI is InChI=1S/C17H20N2O3/c1-3-11-18-16(20)9-10-17-19-12-15(22-17)13-5-7-14(8-6-13)21-4-2/h3,5-8,12H,1,4,9-11H2,2H3,(H,18,20). The summed E-state index contributed by atoms with van der Waals surface area (Å²) in [5.41, 5.74) is 0.929. The molecule has 0 aliphatic carbocycles. The van der Waals surface area contributed by atoms with E-state index in [0.717, 1.165) is 11.3 Å². The van der Waals surface area contributed by atoms with E-state index in [2.05, 4.69) is 16.9 Å². The monoisotopic (exact) mass is 300 g/mol. The number of hydrogen-bond acceptors (Lipinski definition) is 4. The summed E-state index contributed by atoms with van der Waals surface area (Å²) in [5.74, 6) is 2.02. The second-order valence-electron chi connectivity index (χ2n) is 4.67. The van der Waals surface area contributed by atoms with Crippen molar-refractivity contribution in [2.45, 2.75) is 19.8 Å². The maximum absolute atomic E-state index is 11.5. The number of oxazole rings is 1. The number of carbonyl (C=O) groups excluding carboxylic acids is 1. The predicted molar refractivity (Wildman–Crippen MR) is 84.6 cm³/mol. The molecule has 5 heteroatoms. The lowest BCUT2D eigenvalue weighted by Crippen LogP contribution is -2.23. The van der Waals surface area contributed by atoms with Crippen molar-refractivity contribution in [2.75, 3.05) is 13.2 Å².